The first-order chi connectivity index (χ1) is 9.12. The van der Waals surface area contributed by atoms with Crippen molar-refractivity contribution in [3.05, 3.63) is 22.4 Å². The van der Waals surface area contributed by atoms with Crippen molar-refractivity contribution in [1.82, 2.24) is 4.72 Å². The van der Waals surface area contributed by atoms with Gasteiger partial charge in [-0.25, -0.2) is 13.1 Å². The van der Waals surface area contributed by atoms with Crippen LogP contribution in [0.25, 0.3) is 0 Å². The van der Waals surface area contributed by atoms with E-state index in [0.717, 1.165) is 17.7 Å². The molecule has 1 heterocycles. The Morgan fingerprint density at radius 3 is 2.74 bits per heavy atom. The Labute approximate surface area is 124 Å². The molecular formula is C13H20ClNO2S2. The van der Waals surface area contributed by atoms with E-state index in [4.69, 9.17) is 11.6 Å². The van der Waals surface area contributed by atoms with Gasteiger partial charge in [0, 0.05) is 10.8 Å². The minimum atomic E-state index is -3.23. The van der Waals surface area contributed by atoms with Crippen molar-refractivity contribution in [3.8, 4) is 0 Å². The number of hydrogen-bond donors (Lipinski definition) is 1. The van der Waals surface area contributed by atoms with Crippen LogP contribution in [0.15, 0.2) is 17.5 Å². The van der Waals surface area contributed by atoms with Gasteiger partial charge in [-0.1, -0.05) is 18.9 Å². The lowest BCUT2D eigenvalue weighted by atomic mass is 9.98. The number of sulfonamides is 1. The molecule has 2 rings (SSSR count). The third kappa shape index (κ3) is 4.45. The normalized spacial score (nSPS) is 18.8. The second-order valence-corrected chi connectivity index (χ2v) is 8.25. The lowest BCUT2D eigenvalue weighted by Gasteiger charge is -2.23. The van der Waals surface area contributed by atoms with Crippen LogP contribution < -0.4 is 4.72 Å². The van der Waals surface area contributed by atoms with Gasteiger partial charge >= 0.3 is 0 Å². The van der Waals surface area contributed by atoms with Gasteiger partial charge in [0.2, 0.25) is 10.0 Å². The summed E-state index contributed by atoms with van der Waals surface area (Å²) in [5.41, 5.74) is 0. The van der Waals surface area contributed by atoms with Crippen LogP contribution in [0.2, 0.25) is 0 Å². The van der Waals surface area contributed by atoms with E-state index in [-0.39, 0.29) is 11.8 Å². The quantitative estimate of drug-likeness (QED) is 0.781. The van der Waals surface area contributed by atoms with Crippen molar-refractivity contribution >= 4 is 33.0 Å². The van der Waals surface area contributed by atoms with Crippen molar-refractivity contribution in [2.45, 2.75) is 38.1 Å². The molecule has 0 spiro atoms. The van der Waals surface area contributed by atoms with Gasteiger partial charge in [0.1, 0.15) is 0 Å². The molecule has 1 N–H and O–H groups in total. The zero-order valence-electron chi connectivity index (χ0n) is 10.8. The van der Waals surface area contributed by atoms with Crippen LogP contribution in [0.1, 0.15) is 43.0 Å². The summed E-state index contributed by atoms with van der Waals surface area (Å²) in [6, 6.07) is 3.95. The zero-order chi connectivity index (χ0) is 13.7. The van der Waals surface area contributed by atoms with E-state index in [1.807, 2.05) is 17.5 Å². The molecule has 1 aliphatic carbocycles. The molecule has 1 unspecified atom stereocenters. The molecule has 1 aromatic heterocycles. The molecule has 108 valence electrons. The van der Waals surface area contributed by atoms with E-state index >= 15 is 0 Å². The average Bonchev–Trinajstić information content (AvgIpc) is 3.06. The molecule has 1 aliphatic rings. The highest BCUT2D eigenvalue weighted by molar-refractivity contribution is 7.89. The Hall–Kier alpha value is -0.100. The summed E-state index contributed by atoms with van der Waals surface area (Å²) in [7, 11) is -3.23. The van der Waals surface area contributed by atoms with Crippen LogP contribution in [-0.4, -0.2) is 20.1 Å². The summed E-state index contributed by atoms with van der Waals surface area (Å²) < 4.78 is 27.1. The Kier molecular flexibility index (Phi) is 5.69. The molecule has 1 atom stereocenters. The van der Waals surface area contributed by atoms with Crippen LogP contribution in [-0.2, 0) is 10.0 Å². The SMILES string of the molecule is O=S(=O)(CCCCl)NC(c1cccs1)C1CCCC1. The third-order valence-corrected chi connectivity index (χ3v) is 6.24. The first-order valence-electron chi connectivity index (χ1n) is 6.72. The topological polar surface area (TPSA) is 46.2 Å². The second-order valence-electron chi connectivity index (χ2n) is 5.02. The molecule has 0 amide bonds. The lowest BCUT2D eigenvalue weighted by Crippen LogP contribution is -2.34. The van der Waals surface area contributed by atoms with Gasteiger partial charge in [-0.2, -0.15) is 0 Å². The summed E-state index contributed by atoms with van der Waals surface area (Å²) in [6.07, 6.45) is 5.13. The maximum Gasteiger partial charge on any atom is 0.212 e. The highest BCUT2D eigenvalue weighted by Crippen LogP contribution is 2.37. The largest absolute Gasteiger partial charge is 0.212 e. The summed E-state index contributed by atoms with van der Waals surface area (Å²) in [5, 5.41) is 2.00. The molecule has 6 heteroatoms. The Morgan fingerprint density at radius 2 is 2.16 bits per heavy atom. The predicted octanol–water partition coefficient (Wildman–Crippen LogP) is 3.53. The predicted molar refractivity (Wildman–Crippen MR) is 81.3 cm³/mol. The van der Waals surface area contributed by atoms with Gasteiger partial charge in [0.25, 0.3) is 0 Å². The number of rotatable bonds is 7. The van der Waals surface area contributed by atoms with Gasteiger partial charge in [-0.3, -0.25) is 0 Å². The molecule has 0 aliphatic heterocycles. The molecular weight excluding hydrogens is 302 g/mol. The van der Waals surface area contributed by atoms with Gasteiger partial charge in [0.15, 0.2) is 0 Å². The van der Waals surface area contributed by atoms with Crippen molar-refractivity contribution in [2.24, 2.45) is 5.92 Å². The highest BCUT2D eigenvalue weighted by Gasteiger charge is 2.30. The number of thiophene rings is 1. The smallest absolute Gasteiger partial charge is 0.212 e. The van der Waals surface area contributed by atoms with E-state index in [0.29, 0.717) is 18.2 Å². The molecule has 1 fully saturated rings. The summed E-state index contributed by atoms with van der Waals surface area (Å²) in [5.74, 6) is 0.934. The van der Waals surface area contributed by atoms with E-state index in [1.165, 1.54) is 12.8 Å². The second kappa shape index (κ2) is 7.07. The summed E-state index contributed by atoms with van der Waals surface area (Å²) in [4.78, 5) is 1.13. The molecule has 1 saturated carbocycles. The number of alkyl halides is 1. The number of nitrogens with one attached hydrogen (secondary N) is 1. The van der Waals surface area contributed by atoms with Crippen LogP contribution in [0.5, 0.6) is 0 Å². The van der Waals surface area contributed by atoms with E-state index < -0.39 is 10.0 Å². The fourth-order valence-electron chi connectivity index (χ4n) is 2.64. The highest BCUT2D eigenvalue weighted by atomic mass is 35.5. The Morgan fingerprint density at radius 1 is 1.42 bits per heavy atom. The first kappa shape index (κ1) is 15.3. The minimum absolute atomic E-state index is 0.0529. The standard InChI is InChI=1S/C13H20ClNO2S2/c14-8-4-10-19(16,17)15-13(11-5-1-2-6-11)12-7-3-9-18-12/h3,7,9,11,13,15H,1-2,4-6,8,10H2. The molecule has 0 radical (unpaired) electrons. The zero-order valence-corrected chi connectivity index (χ0v) is 13.2. The monoisotopic (exact) mass is 321 g/mol. The van der Waals surface area contributed by atoms with E-state index in [1.54, 1.807) is 11.3 Å². The van der Waals surface area contributed by atoms with Crippen LogP contribution in [0.3, 0.4) is 0 Å². The van der Waals surface area contributed by atoms with E-state index in [9.17, 15) is 8.42 Å². The van der Waals surface area contributed by atoms with Gasteiger partial charge in [0.05, 0.1) is 11.8 Å². The third-order valence-electron chi connectivity index (χ3n) is 3.57. The Bertz CT molecular complexity index is 467. The molecule has 3 nitrogen and oxygen atoms in total. The minimum Gasteiger partial charge on any atom is -0.212 e. The molecule has 1 aromatic rings. The maximum absolute atomic E-state index is 12.1. The maximum atomic E-state index is 12.1. The van der Waals surface area contributed by atoms with Crippen molar-refractivity contribution in [3.63, 3.8) is 0 Å². The molecule has 0 aromatic carbocycles. The van der Waals surface area contributed by atoms with Crippen molar-refractivity contribution in [2.75, 3.05) is 11.6 Å². The van der Waals surface area contributed by atoms with Crippen LogP contribution in [0.4, 0.5) is 0 Å². The first-order valence-corrected chi connectivity index (χ1v) is 9.78. The van der Waals surface area contributed by atoms with Gasteiger partial charge < -0.3 is 0 Å². The summed E-state index contributed by atoms with van der Waals surface area (Å²) in [6.45, 7) is 0. The molecule has 0 bridgehead atoms. The van der Waals surface area contributed by atoms with Crippen LogP contribution in [0, 0.1) is 5.92 Å². The fourth-order valence-corrected chi connectivity index (χ4v) is 5.23. The molecule has 19 heavy (non-hydrogen) atoms. The number of halogens is 1. The van der Waals surface area contributed by atoms with Crippen LogP contribution >= 0.6 is 22.9 Å². The fraction of sp³-hybridized carbons (Fsp3) is 0.692. The number of hydrogen-bond acceptors (Lipinski definition) is 3. The van der Waals surface area contributed by atoms with Crippen molar-refractivity contribution in [1.29, 1.82) is 0 Å². The molecule has 0 saturated heterocycles. The summed E-state index contributed by atoms with van der Waals surface area (Å²) >= 11 is 7.21. The van der Waals surface area contributed by atoms with Crippen molar-refractivity contribution < 1.29 is 8.42 Å². The van der Waals surface area contributed by atoms with E-state index in [2.05, 4.69) is 4.72 Å². The average molecular weight is 322 g/mol. The lowest BCUT2D eigenvalue weighted by molar-refractivity contribution is 0.415. The van der Waals surface area contributed by atoms with Gasteiger partial charge in [-0.05, 0) is 36.6 Å². The Balaban J connectivity index is 2.10. The van der Waals surface area contributed by atoms with Gasteiger partial charge in [-0.15, -0.1) is 22.9 Å².